The van der Waals surface area contributed by atoms with Crippen LogP contribution in [0.1, 0.15) is 0 Å². The third-order valence-electron chi connectivity index (χ3n) is 0.973. The Labute approximate surface area is 52.1 Å². The van der Waals surface area contributed by atoms with Crippen LogP contribution in [0.15, 0.2) is 16.6 Å². The molecule has 6 N–H and O–H groups in total. The van der Waals surface area contributed by atoms with E-state index < -0.39 is 0 Å². The third-order valence-corrected chi connectivity index (χ3v) is 0.973. The molecule has 0 bridgehead atoms. The van der Waals surface area contributed by atoms with Crippen molar-refractivity contribution < 1.29 is 5.11 Å². The molecule has 0 unspecified atom stereocenters. The molecule has 0 aromatic heterocycles. The van der Waals surface area contributed by atoms with Gasteiger partial charge in [-0.2, -0.15) is 0 Å². The van der Waals surface area contributed by atoms with Gasteiger partial charge >= 0.3 is 0 Å². The first-order valence-electron chi connectivity index (χ1n) is 2.44. The molecular formula is C4H8N4O. The van der Waals surface area contributed by atoms with Gasteiger partial charge in [0.05, 0.1) is 0 Å². The molecule has 0 aromatic rings. The molecule has 0 atom stereocenters. The van der Waals surface area contributed by atoms with Gasteiger partial charge in [-0.3, -0.25) is 0 Å². The summed E-state index contributed by atoms with van der Waals surface area (Å²) in [5, 5.41) is 11.3. The Morgan fingerprint density at radius 1 is 1.56 bits per heavy atom. The Morgan fingerprint density at radius 3 is 2.67 bits per heavy atom. The maximum atomic E-state index is 8.82. The highest BCUT2D eigenvalue weighted by atomic mass is 16.3. The molecule has 0 saturated heterocycles. The Hall–Kier alpha value is -1.39. The molecule has 5 heteroatoms. The van der Waals surface area contributed by atoms with Gasteiger partial charge in [0, 0.05) is 0 Å². The summed E-state index contributed by atoms with van der Waals surface area (Å²) in [7, 11) is 0. The normalized spacial score (nSPS) is 18.9. The van der Waals surface area contributed by atoms with E-state index in [1.165, 1.54) is 0 Å². The summed E-state index contributed by atoms with van der Waals surface area (Å²) in [6, 6.07) is 0. The van der Waals surface area contributed by atoms with Crippen LogP contribution in [0.5, 0.6) is 0 Å². The van der Waals surface area contributed by atoms with Gasteiger partial charge in [-0.15, -0.1) is 0 Å². The Kier molecular flexibility index (Phi) is 1.18. The minimum absolute atomic E-state index is 0.0317. The van der Waals surface area contributed by atoms with E-state index in [9.17, 15) is 0 Å². The van der Waals surface area contributed by atoms with E-state index in [0.717, 1.165) is 0 Å². The molecule has 0 saturated carbocycles. The van der Waals surface area contributed by atoms with Gasteiger partial charge in [0.15, 0.2) is 11.7 Å². The van der Waals surface area contributed by atoms with Crippen molar-refractivity contribution in [2.45, 2.75) is 0 Å². The average Bonchev–Trinajstić information content (AvgIpc) is 1.80. The number of aliphatic hydroxyl groups excluding tert-OH is 1. The summed E-state index contributed by atoms with van der Waals surface area (Å²) >= 11 is 0. The van der Waals surface area contributed by atoms with Gasteiger partial charge in [0.25, 0.3) is 0 Å². The fourth-order valence-electron chi connectivity index (χ4n) is 0.495. The molecule has 0 radical (unpaired) electrons. The first kappa shape index (κ1) is 5.74. The van der Waals surface area contributed by atoms with E-state index in [-0.39, 0.29) is 24.1 Å². The topological polar surface area (TPSA) is 96.7 Å². The lowest BCUT2D eigenvalue weighted by Gasteiger charge is -2.11. The monoisotopic (exact) mass is 128 g/mol. The van der Waals surface area contributed by atoms with E-state index in [2.05, 4.69) is 10.3 Å². The number of nitrogens with one attached hydrogen (secondary N) is 1. The second-order valence-electron chi connectivity index (χ2n) is 1.69. The lowest BCUT2D eigenvalue weighted by Crippen LogP contribution is -2.38. The van der Waals surface area contributed by atoms with E-state index in [1.807, 2.05) is 0 Å². The highest BCUT2D eigenvalue weighted by molar-refractivity contribution is 5.80. The highest BCUT2D eigenvalue weighted by Crippen LogP contribution is 1.95. The second-order valence-corrected chi connectivity index (χ2v) is 1.69. The van der Waals surface area contributed by atoms with Crippen molar-refractivity contribution in [1.29, 1.82) is 0 Å². The molecular weight excluding hydrogens is 120 g/mol. The standard InChI is InChI=1S/C4H8N4O/c5-3-2(9)1-7-4(6)8-3/h9H,1,5H2,(H3,6,7,8). The predicted molar refractivity (Wildman–Crippen MR) is 33.5 cm³/mol. The summed E-state index contributed by atoms with van der Waals surface area (Å²) in [4.78, 5) is 3.66. The van der Waals surface area contributed by atoms with Crippen LogP contribution in [0, 0.1) is 0 Å². The molecule has 5 nitrogen and oxygen atoms in total. The number of aliphatic imine (C=N–C) groups is 1. The molecule has 0 aromatic carbocycles. The van der Waals surface area contributed by atoms with Gasteiger partial charge in [0.1, 0.15) is 12.4 Å². The molecule has 9 heavy (non-hydrogen) atoms. The smallest absolute Gasteiger partial charge is 0.194 e. The van der Waals surface area contributed by atoms with E-state index in [4.69, 9.17) is 16.6 Å². The van der Waals surface area contributed by atoms with Crippen LogP contribution in [0.3, 0.4) is 0 Å². The first-order valence-corrected chi connectivity index (χ1v) is 2.44. The molecule has 1 rings (SSSR count). The molecule has 1 aliphatic rings. The van der Waals surface area contributed by atoms with Crippen molar-refractivity contribution in [3.8, 4) is 0 Å². The van der Waals surface area contributed by atoms with Crippen LogP contribution < -0.4 is 16.8 Å². The summed E-state index contributed by atoms with van der Waals surface area (Å²) in [6.45, 7) is 0.171. The average molecular weight is 128 g/mol. The Balaban J connectivity index is 2.70. The quantitative estimate of drug-likeness (QED) is 0.322. The number of nitrogens with two attached hydrogens (primary N) is 2. The lowest BCUT2D eigenvalue weighted by molar-refractivity contribution is 0.389. The van der Waals surface area contributed by atoms with E-state index >= 15 is 0 Å². The van der Waals surface area contributed by atoms with E-state index in [0.29, 0.717) is 0 Å². The van der Waals surface area contributed by atoms with Crippen molar-refractivity contribution in [3.05, 3.63) is 11.6 Å². The van der Waals surface area contributed by atoms with Gasteiger partial charge in [-0.05, 0) is 0 Å². The van der Waals surface area contributed by atoms with Crippen LogP contribution >= 0.6 is 0 Å². The van der Waals surface area contributed by atoms with Crippen LogP contribution in [-0.2, 0) is 0 Å². The van der Waals surface area contributed by atoms with Crippen LogP contribution in [-0.4, -0.2) is 17.6 Å². The predicted octanol–water partition coefficient (Wildman–Crippen LogP) is -1.41. The number of nitrogens with zero attached hydrogens (tertiary/aromatic N) is 1. The fourth-order valence-corrected chi connectivity index (χ4v) is 0.495. The van der Waals surface area contributed by atoms with Crippen molar-refractivity contribution in [2.75, 3.05) is 6.54 Å². The van der Waals surface area contributed by atoms with Gasteiger partial charge < -0.3 is 21.9 Å². The zero-order valence-corrected chi connectivity index (χ0v) is 4.76. The number of hydrogen-bond donors (Lipinski definition) is 4. The van der Waals surface area contributed by atoms with Gasteiger partial charge in [0.2, 0.25) is 0 Å². The van der Waals surface area contributed by atoms with Crippen molar-refractivity contribution in [1.82, 2.24) is 5.32 Å². The largest absolute Gasteiger partial charge is 0.507 e. The maximum Gasteiger partial charge on any atom is 0.194 e. The second kappa shape index (κ2) is 1.85. The van der Waals surface area contributed by atoms with Gasteiger partial charge in [-0.25, -0.2) is 4.99 Å². The third kappa shape index (κ3) is 1.04. The maximum absolute atomic E-state index is 8.82. The zero-order valence-electron chi connectivity index (χ0n) is 4.76. The Bertz CT molecular complexity index is 183. The van der Waals surface area contributed by atoms with Crippen LogP contribution in [0.25, 0.3) is 0 Å². The number of guanidine groups is 1. The molecule has 50 valence electrons. The van der Waals surface area contributed by atoms with Crippen molar-refractivity contribution >= 4 is 5.96 Å². The zero-order chi connectivity index (χ0) is 6.85. The number of aliphatic hydroxyl groups is 1. The minimum Gasteiger partial charge on any atom is -0.507 e. The SMILES string of the molecule is NC1=NCC(O)=C(N)N1. The highest BCUT2D eigenvalue weighted by Gasteiger charge is 2.06. The number of hydrogen-bond acceptors (Lipinski definition) is 5. The van der Waals surface area contributed by atoms with Crippen LogP contribution in [0.2, 0.25) is 0 Å². The number of rotatable bonds is 0. The molecule has 0 aliphatic carbocycles. The molecule has 0 fully saturated rings. The van der Waals surface area contributed by atoms with Crippen molar-refractivity contribution in [3.63, 3.8) is 0 Å². The first-order chi connectivity index (χ1) is 4.20. The molecule has 1 aliphatic heterocycles. The fraction of sp³-hybridized carbons (Fsp3) is 0.250. The van der Waals surface area contributed by atoms with Gasteiger partial charge in [-0.1, -0.05) is 0 Å². The summed E-state index contributed by atoms with van der Waals surface area (Å²) in [5.41, 5.74) is 10.4. The molecule has 1 heterocycles. The summed E-state index contributed by atoms with van der Waals surface area (Å²) in [5.74, 6) is 0.456. The molecule has 0 amide bonds. The summed E-state index contributed by atoms with van der Waals surface area (Å²) < 4.78 is 0. The summed E-state index contributed by atoms with van der Waals surface area (Å²) in [6.07, 6.45) is 0. The molecule has 0 spiro atoms. The van der Waals surface area contributed by atoms with Crippen LogP contribution in [0.4, 0.5) is 0 Å². The Morgan fingerprint density at radius 2 is 2.22 bits per heavy atom. The lowest BCUT2D eigenvalue weighted by atomic mass is 10.4. The van der Waals surface area contributed by atoms with Crippen molar-refractivity contribution in [2.24, 2.45) is 16.5 Å². The van der Waals surface area contributed by atoms with E-state index in [1.54, 1.807) is 0 Å². The minimum atomic E-state index is 0.0317.